The molecule has 2 aliphatic rings. The van der Waals surface area contributed by atoms with E-state index in [-0.39, 0.29) is 41.8 Å². The van der Waals surface area contributed by atoms with Crippen LogP contribution in [0.1, 0.15) is 65.4 Å². The molecule has 0 aromatic heterocycles. The Bertz CT molecular complexity index is 1070. The Morgan fingerprint density at radius 2 is 1.97 bits per heavy atom. The molecule has 2 amide bonds. The maximum absolute atomic E-state index is 13.6. The van der Waals surface area contributed by atoms with E-state index in [1.54, 1.807) is 31.0 Å². The van der Waals surface area contributed by atoms with Crippen LogP contribution in [0.2, 0.25) is 0 Å². The van der Waals surface area contributed by atoms with Gasteiger partial charge in [-0.3, -0.25) is 0 Å². The van der Waals surface area contributed by atoms with Crippen LogP contribution in [0, 0.1) is 23.7 Å². The van der Waals surface area contributed by atoms with E-state index >= 15 is 0 Å². The Morgan fingerprint density at radius 1 is 1.28 bits per heavy atom. The summed E-state index contributed by atoms with van der Waals surface area (Å²) in [7, 11) is -2.18. The molecule has 1 aromatic rings. The molecule has 1 fully saturated rings. The second kappa shape index (κ2) is 12.3. The molecule has 36 heavy (non-hydrogen) atoms. The molecule has 9 heteroatoms. The number of nitrogens with zero attached hydrogens (tertiary/aromatic N) is 2. The summed E-state index contributed by atoms with van der Waals surface area (Å²) in [6, 6.07) is 4.35. The van der Waals surface area contributed by atoms with Gasteiger partial charge in [0.15, 0.2) is 0 Å². The number of rotatable bonds is 6. The van der Waals surface area contributed by atoms with Gasteiger partial charge in [0.1, 0.15) is 16.7 Å². The molecule has 1 aliphatic carbocycles. The predicted octanol–water partition coefficient (Wildman–Crippen LogP) is 3.44. The van der Waals surface area contributed by atoms with E-state index in [0.717, 1.165) is 32.1 Å². The Kier molecular flexibility index (Phi) is 9.67. The van der Waals surface area contributed by atoms with Gasteiger partial charge >= 0.3 is 6.03 Å². The Labute approximate surface area is 216 Å². The number of ether oxygens (including phenoxy) is 1. The molecule has 0 unspecified atom stereocenters. The van der Waals surface area contributed by atoms with E-state index in [2.05, 4.69) is 31.0 Å². The lowest BCUT2D eigenvalue weighted by Gasteiger charge is -2.37. The molecule has 200 valence electrons. The van der Waals surface area contributed by atoms with Crippen molar-refractivity contribution in [2.24, 2.45) is 11.8 Å². The van der Waals surface area contributed by atoms with Crippen molar-refractivity contribution in [2.75, 3.05) is 26.7 Å². The molecule has 0 saturated heterocycles. The van der Waals surface area contributed by atoms with Gasteiger partial charge in [-0.25, -0.2) is 13.2 Å². The van der Waals surface area contributed by atoms with Gasteiger partial charge in [0.05, 0.1) is 13.2 Å². The molecule has 0 bridgehead atoms. The number of benzene rings is 1. The second-order valence-corrected chi connectivity index (χ2v) is 12.5. The minimum Gasteiger partial charge on any atom is -0.487 e. The van der Waals surface area contributed by atoms with Gasteiger partial charge in [-0.1, -0.05) is 45.5 Å². The number of aliphatic hydroxyl groups is 1. The van der Waals surface area contributed by atoms with Crippen LogP contribution in [0.5, 0.6) is 5.75 Å². The minimum absolute atomic E-state index is 0.0483. The highest BCUT2D eigenvalue weighted by molar-refractivity contribution is 7.89. The van der Waals surface area contributed by atoms with Crippen LogP contribution in [0.4, 0.5) is 4.79 Å². The molecule has 3 rings (SSSR count). The average molecular weight is 520 g/mol. The van der Waals surface area contributed by atoms with Crippen molar-refractivity contribution < 1.29 is 23.1 Å². The SMILES string of the molecule is CC(C)CC#Cc1ccc2c(c1)O[C@H](CN(C)C(=O)NC1CCCC1)[C@H](C)CN([C@@H](C)CO)S2(=O)=O. The minimum atomic E-state index is -3.91. The highest BCUT2D eigenvalue weighted by Gasteiger charge is 2.38. The summed E-state index contributed by atoms with van der Waals surface area (Å²) >= 11 is 0. The number of carbonyl (C=O) groups is 1. The number of sulfonamides is 1. The third-order valence-corrected chi connectivity index (χ3v) is 8.91. The number of hydrogen-bond acceptors (Lipinski definition) is 5. The Morgan fingerprint density at radius 3 is 2.61 bits per heavy atom. The van der Waals surface area contributed by atoms with Crippen molar-refractivity contribution in [3.05, 3.63) is 23.8 Å². The number of aliphatic hydroxyl groups excluding tert-OH is 1. The third-order valence-electron chi connectivity index (χ3n) is 6.89. The van der Waals surface area contributed by atoms with Gasteiger partial charge in [0.25, 0.3) is 0 Å². The van der Waals surface area contributed by atoms with Crippen LogP contribution in [-0.2, 0) is 10.0 Å². The van der Waals surface area contributed by atoms with Crippen LogP contribution in [0.3, 0.4) is 0 Å². The molecule has 1 saturated carbocycles. The van der Waals surface area contributed by atoms with Crippen molar-refractivity contribution >= 4 is 16.1 Å². The molecule has 1 aromatic carbocycles. The van der Waals surface area contributed by atoms with Crippen LogP contribution < -0.4 is 10.1 Å². The van der Waals surface area contributed by atoms with E-state index in [0.29, 0.717) is 18.0 Å². The first-order valence-corrected chi connectivity index (χ1v) is 14.4. The summed E-state index contributed by atoms with van der Waals surface area (Å²) in [6.45, 7) is 7.95. The first-order chi connectivity index (χ1) is 17.0. The van der Waals surface area contributed by atoms with Gasteiger partial charge in [-0.15, -0.1) is 0 Å². The maximum Gasteiger partial charge on any atom is 0.317 e. The number of carbonyl (C=O) groups excluding carboxylic acids is 1. The van der Waals surface area contributed by atoms with Crippen LogP contribution in [-0.4, -0.2) is 73.7 Å². The van der Waals surface area contributed by atoms with Crippen molar-refractivity contribution in [3.8, 4) is 17.6 Å². The Balaban J connectivity index is 1.93. The molecular formula is C27H41N3O5S. The predicted molar refractivity (Wildman–Crippen MR) is 140 cm³/mol. The molecule has 1 aliphatic heterocycles. The third kappa shape index (κ3) is 6.93. The van der Waals surface area contributed by atoms with E-state index in [9.17, 15) is 18.3 Å². The van der Waals surface area contributed by atoms with Crippen molar-refractivity contribution in [1.82, 2.24) is 14.5 Å². The number of hydrogen-bond donors (Lipinski definition) is 2. The lowest BCUT2D eigenvalue weighted by atomic mass is 10.0. The fourth-order valence-corrected chi connectivity index (χ4v) is 6.41. The Hall–Kier alpha value is -2.28. The largest absolute Gasteiger partial charge is 0.487 e. The smallest absolute Gasteiger partial charge is 0.317 e. The fourth-order valence-electron chi connectivity index (χ4n) is 4.59. The van der Waals surface area contributed by atoms with Crippen molar-refractivity contribution in [1.29, 1.82) is 0 Å². The molecule has 2 N–H and O–H groups in total. The molecular weight excluding hydrogens is 478 g/mol. The zero-order valence-corrected chi connectivity index (χ0v) is 23.0. The summed E-state index contributed by atoms with van der Waals surface area (Å²) in [5, 5.41) is 12.9. The standard InChI is InChI=1S/C27H41N3O5S/c1-19(2)9-8-10-22-13-14-26-24(15-22)35-25(17-29(5)27(32)28-23-11-6-7-12-23)20(3)16-30(21(4)18-31)36(26,33)34/h13-15,19-21,23,25,31H,6-7,9,11-12,16-18H2,1-5H3,(H,28,32)/t20-,21+,25-/m1/s1. The van der Waals surface area contributed by atoms with Gasteiger partial charge in [-0.2, -0.15) is 4.31 Å². The normalized spacial score (nSPS) is 23.0. The highest BCUT2D eigenvalue weighted by atomic mass is 32.2. The highest BCUT2D eigenvalue weighted by Crippen LogP contribution is 2.34. The number of fused-ring (bicyclic) bond motifs is 1. The monoisotopic (exact) mass is 519 g/mol. The average Bonchev–Trinajstić information content (AvgIpc) is 3.33. The maximum atomic E-state index is 13.6. The van der Waals surface area contributed by atoms with Crippen molar-refractivity contribution in [3.63, 3.8) is 0 Å². The topological polar surface area (TPSA) is 99.2 Å². The first-order valence-electron chi connectivity index (χ1n) is 13.0. The number of urea groups is 1. The van der Waals surface area contributed by atoms with E-state index < -0.39 is 22.2 Å². The van der Waals surface area contributed by atoms with Crippen LogP contribution >= 0.6 is 0 Å². The zero-order chi connectivity index (χ0) is 26.5. The summed E-state index contributed by atoms with van der Waals surface area (Å²) in [5.74, 6) is 6.66. The summed E-state index contributed by atoms with van der Waals surface area (Å²) in [6.07, 6.45) is 4.53. The van der Waals surface area contributed by atoms with Gasteiger partial charge in [-0.05, 0) is 43.9 Å². The molecule has 1 heterocycles. The van der Waals surface area contributed by atoms with Gasteiger partial charge in [0, 0.05) is 43.6 Å². The summed E-state index contributed by atoms with van der Waals surface area (Å²) in [4.78, 5) is 14.5. The quantitative estimate of drug-likeness (QED) is 0.561. The number of likely N-dealkylation sites (N-methyl/N-ethyl adjacent to an activating group) is 1. The summed E-state index contributed by atoms with van der Waals surface area (Å²) in [5.41, 5.74) is 0.672. The molecule has 0 spiro atoms. The first kappa shape index (κ1) is 28.3. The lowest BCUT2D eigenvalue weighted by Crippen LogP contribution is -2.51. The summed E-state index contributed by atoms with van der Waals surface area (Å²) < 4.78 is 34.9. The van der Waals surface area contributed by atoms with Gasteiger partial charge in [0.2, 0.25) is 10.0 Å². The molecule has 3 atom stereocenters. The lowest BCUT2D eigenvalue weighted by molar-refractivity contribution is 0.0808. The van der Waals surface area contributed by atoms with E-state index in [1.165, 1.54) is 10.4 Å². The second-order valence-electron chi connectivity index (χ2n) is 10.6. The zero-order valence-electron chi connectivity index (χ0n) is 22.2. The van der Waals surface area contributed by atoms with E-state index in [1.807, 2.05) is 6.92 Å². The van der Waals surface area contributed by atoms with Crippen LogP contribution in [0.25, 0.3) is 0 Å². The number of nitrogens with one attached hydrogen (secondary N) is 1. The van der Waals surface area contributed by atoms with E-state index in [4.69, 9.17) is 4.74 Å². The van der Waals surface area contributed by atoms with Crippen molar-refractivity contribution in [2.45, 2.75) is 82.9 Å². The molecule has 0 radical (unpaired) electrons. The van der Waals surface area contributed by atoms with Crippen LogP contribution in [0.15, 0.2) is 23.1 Å². The molecule has 8 nitrogen and oxygen atoms in total. The van der Waals surface area contributed by atoms with Gasteiger partial charge < -0.3 is 20.1 Å². The number of amides is 2. The fraction of sp³-hybridized carbons (Fsp3) is 0.667.